The zero-order valence-electron chi connectivity index (χ0n) is 12.3. The lowest BCUT2D eigenvalue weighted by Crippen LogP contribution is -2.36. The van der Waals surface area contributed by atoms with Crippen molar-refractivity contribution in [2.75, 3.05) is 13.6 Å². The maximum Gasteiger partial charge on any atom is 0.255 e. The first-order chi connectivity index (χ1) is 11.0. The number of nitrogens with zero attached hydrogens (tertiary/aromatic N) is 2. The first-order valence-electron chi connectivity index (χ1n) is 6.99. The Kier molecular flexibility index (Phi) is 4.04. The fourth-order valence-corrected chi connectivity index (χ4v) is 2.73. The molecular weight excluding hydrogens is 323 g/mol. The maximum atomic E-state index is 13.3. The predicted octanol–water partition coefficient (Wildman–Crippen LogP) is 1.83. The van der Waals surface area contributed by atoms with Gasteiger partial charge in [-0.25, -0.2) is 4.39 Å². The van der Waals surface area contributed by atoms with Crippen molar-refractivity contribution in [3.63, 3.8) is 0 Å². The van der Waals surface area contributed by atoms with Crippen LogP contribution in [0.25, 0.3) is 11.3 Å². The summed E-state index contributed by atoms with van der Waals surface area (Å²) in [6.07, 6.45) is 1.67. The van der Waals surface area contributed by atoms with E-state index in [9.17, 15) is 14.0 Å². The maximum absolute atomic E-state index is 13.3. The predicted molar refractivity (Wildman–Crippen MR) is 82.5 cm³/mol. The molecule has 2 N–H and O–H groups in total. The number of carbonyl (C=O) groups is 2. The Balaban J connectivity index is 1.81. The molecule has 1 aromatic carbocycles. The van der Waals surface area contributed by atoms with Crippen LogP contribution in [-0.4, -0.2) is 46.5 Å². The quantitative estimate of drug-likeness (QED) is 0.897. The normalized spacial score (nSPS) is 17.6. The molecule has 0 spiro atoms. The number of likely N-dealkylation sites (tertiary alicyclic amines) is 1. The Bertz CT molecular complexity index is 777. The molecular formula is C15H14ClFN4O2. The van der Waals surface area contributed by atoms with Crippen molar-refractivity contribution in [1.82, 2.24) is 20.4 Å². The first-order valence-corrected chi connectivity index (χ1v) is 7.37. The third-order valence-corrected chi connectivity index (χ3v) is 4.06. The minimum absolute atomic E-state index is 0.00645. The number of amides is 2. The van der Waals surface area contributed by atoms with E-state index >= 15 is 0 Å². The van der Waals surface area contributed by atoms with Gasteiger partial charge in [-0.2, -0.15) is 5.10 Å². The van der Waals surface area contributed by atoms with E-state index in [0.29, 0.717) is 23.4 Å². The second-order valence-corrected chi connectivity index (χ2v) is 5.84. The zero-order valence-corrected chi connectivity index (χ0v) is 13.0. The number of likely N-dealkylation sites (N-methyl/N-ethyl adjacent to an activating group) is 1. The highest BCUT2D eigenvalue weighted by atomic mass is 35.5. The number of aromatic nitrogens is 2. The van der Waals surface area contributed by atoms with Crippen LogP contribution >= 0.6 is 11.6 Å². The first kappa shape index (κ1) is 15.5. The molecule has 0 aliphatic carbocycles. The van der Waals surface area contributed by atoms with E-state index in [1.807, 2.05) is 0 Å². The SMILES string of the molecule is CN1C[C@H](NC(=O)c2cn[nH]c2-c2ccc(F)c(Cl)c2)CC1=O. The van der Waals surface area contributed by atoms with Gasteiger partial charge in [0.15, 0.2) is 0 Å². The second-order valence-electron chi connectivity index (χ2n) is 5.44. The highest BCUT2D eigenvalue weighted by Crippen LogP contribution is 2.26. The molecule has 3 rings (SSSR count). The van der Waals surface area contributed by atoms with Gasteiger partial charge in [0.2, 0.25) is 5.91 Å². The van der Waals surface area contributed by atoms with Crippen molar-refractivity contribution >= 4 is 23.4 Å². The molecule has 6 nitrogen and oxygen atoms in total. The number of rotatable bonds is 3. The van der Waals surface area contributed by atoms with Gasteiger partial charge in [0.25, 0.3) is 5.91 Å². The van der Waals surface area contributed by atoms with Gasteiger partial charge >= 0.3 is 0 Å². The van der Waals surface area contributed by atoms with E-state index in [0.717, 1.165) is 0 Å². The van der Waals surface area contributed by atoms with Crippen molar-refractivity contribution in [1.29, 1.82) is 0 Å². The number of H-pyrrole nitrogens is 1. The number of benzene rings is 1. The zero-order chi connectivity index (χ0) is 16.6. The summed E-state index contributed by atoms with van der Waals surface area (Å²) in [4.78, 5) is 25.5. The number of nitrogens with one attached hydrogen (secondary N) is 2. The van der Waals surface area contributed by atoms with Crippen LogP contribution in [0.4, 0.5) is 4.39 Å². The van der Waals surface area contributed by atoms with Gasteiger partial charge in [-0.05, 0) is 18.2 Å². The molecule has 0 bridgehead atoms. The Hall–Kier alpha value is -2.41. The fourth-order valence-electron chi connectivity index (χ4n) is 2.55. The Morgan fingerprint density at radius 3 is 2.96 bits per heavy atom. The largest absolute Gasteiger partial charge is 0.347 e. The van der Waals surface area contributed by atoms with Gasteiger partial charge < -0.3 is 10.2 Å². The molecule has 2 heterocycles. The molecule has 0 radical (unpaired) electrons. The highest BCUT2D eigenvalue weighted by molar-refractivity contribution is 6.31. The Morgan fingerprint density at radius 1 is 1.52 bits per heavy atom. The number of hydrogen-bond acceptors (Lipinski definition) is 3. The molecule has 23 heavy (non-hydrogen) atoms. The van der Waals surface area contributed by atoms with Gasteiger partial charge in [-0.15, -0.1) is 0 Å². The third-order valence-electron chi connectivity index (χ3n) is 3.77. The molecule has 1 aliphatic heterocycles. The summed E-state index contributed by atoms with van der Waals surface area (Å²) in [5.41, 5.74) is 1.32. The van der Waals surface area contributed by atoms with E-state index in [2.05, 4.69) is 15.5 Å². The number of hydrogen-bond donors (Lipinski definition) is 2. The molecule has 0 unspecified atom stereocenters. The topological polar surface area (TPSA) is 78.1 Å². The van der Waals surface area contributed by atoms with E-state index in [4.69, 9.17) is 11.6 Å². The lowest BCUT2D eigenvalue weighted by Gasteiger charge is -2.12. The standard InChI is InChI=1S/C15H14ClFN4O2/c1-21-7-9(5-13(21)22)19-15(23)10-6-18-20-14(10)8-2-3-12(17)11(16)4-8/h2-4,6,9H,5,7H2,1H3,(H,18,20)(H,19,23)/t9-/m1/s1. The van der Waals surface area contributed by atoms with E-state index in [-0.39, 0.29) is 29.3 Å². The lowest BCUT2D eigenvalue weighted by molar-refractivity contribution is -0.126. The lowest BCUT2D eigenvalue weighted by atomic mass is 10.1. The van der Waals surface area contributed by atoms with Crippen LogP contribution in [0.2, 0.25) is 5.02 Å². The van der Waals surface area contributed by atoms with E-state index in [1.54, 1.807) is 11.9 Å². The summed E-state index contributed by atoms with van der Waals surface area (Å²) in [7, 11) is 1.69. The Labute approximate surface area is 136 Å². The van der Waals surface area contributed by atoms with Crippen LogP contribution in [0.1, 0.15) is 16.8 Å². The van der Waals surface area contributed by atoms with Crippen LogP contribution in [0.15, 0.2) is 24.4 Å². The highest BCUT2D eigenvalue weighted by Gasteiger charge is 2.29. The molecule has 1 aromatic heterocycles. The molecule has 120 valence electrons. The van der Waals surface area contributed by atoms with Crippen LogP contribution in [0.3, 0.4) is 0 Å². The summed E-state index contributed by atoms with van der Waals surface area (Å²) in [5, 5.41) is 9.37. The molecule has 0 saturated carbocycles. The van der Waals surface area contributed by atoms with Crippen molar-refractivity contribution < 1.29 is 14.0 Å². The minimum Gasteiger partial charge on any atom is -0.347 e. The Morgan fingerprint density at radius 2 is 2.30 bits per heavy atom. The van der Waals surface area contributed by atoms with Crippen LogP contribution in [0, 0.1) is 5.82 Å². The molecule has 1 aliphatic rings. The number of halogens is 2. The van der Waals surface area contributed by atoms with Gasteiger partial charge in [0, 0.05) is 25.6 Å². The van der Waals surface area contributed by atoms with Crippen molar-refractivity contribution in [2.24, 2.45) is 0 Å². The van der Waals surface area contributed by atoms with Crippen LogP contribution in [0.5, 0.6) is 0 Å². The minimum atomic E-state index is -0.534. The summed E-state index contributed by atoms with van der Waals surface area (Å²) in [6, 6.07) is 3.93. The smallest absolute Gasteiger partial charge is 0.255 e. The summed E-state index contributed by atoms with van der Waals surface area (Å²) >= 11 is 5.78. The van der Waals surface area contributed by atoms with Crippen molar-refractivity contribution in [3.8, 4) is 11.3 Å². The van der Waals surface area contributed by atoms with Gasteiger partial charge in [-0.3, -0.25) is 14.7 Å². The summed E-state index contributed by atoms with van der Waals surface area (Å²) in [5.74, 6) is -0.885. The van der Waals surface area contributed by atoms with Crippen LogP contribution < -0.4 is 5.32 Å². The van der Waals surface area contributed by atoms with Crippen molar-refractivity contribution in [2.45, 2.75) is 12.5 Å². The van der Waals surface area contributed by atoms with Gasteiger partial charge in [0.1, 0.15) is 5.82 Å². The van der Waals surface area contributed by atoms with Crippen LogP contribution in [-0.2, 0) is 4.79 Å². The molecule has 1 saturated heterocycles. The average Bonchev–Trinajstić information content (AvgIpc) is 3.09. The molecule has 1 fully saturated rings. The van der Waals surface area contributed by atoms with Gasteiger partial charge in [0.05, 0.1) is 28.5 Å². The summed E-state index contributed by atoms with van der Waals surface area (Å²) in [6.45, 7) is 0.472. The average molecular weight is 337 g/mol. The second kappa shape index (κ2) is 6.00. The molecule has 1 atom stereocenters. The molecule has 8 heteroatoms. The monoisotopic (exact) mass is 336 g/mol. The molecule has 2 aromatic rings. The van der Waals surface area contributed by atoms with Crippen molar-refractivity contribution in [3.05, 3.63) is 40.8 Å². The summed E-state index contributed by atoms with van der Waals surface area (Å²) < 4.78 is 13.3. The van der Waals surface area contributed by atoms with E-state index < -0.39 is 5.82 Å². The third kappa shape index (κ3) is 3.05. The molecule has 2 amide bonds. The number of carbonyl (C=O) groups excluding carboxylic acids is 2. The fraction of sp³-hybridized carbons (Fsp3) is 0.267. The van der Waals surface area contributed by atoms with E-state index in [1.165, 1.54) is 24.4 Å². The number of aromatic amines is 1. The van der Waals surface area contributed by atoms with Gasteiger partial charge in [-0.1, -0.05) is 11.6 Å².